The molecule has 0 spiro atoms. The van der Waals surface area contributed by atoms with Crippen LogP contribution in [-0.2, 0) is 13.1 Å². The summed E-state index contributed by atoms with van der Waals surface area (Å²) in [6.45, 7) is 6.82. The van der Waals surface area contributed by atoms with E-state index in [9.17, 15) is 0 Å². The van der Waals surface area contributed by atoms with Crippen molar-refractivity contribution in [3.8, 4) is 0 Å². The van der Waals surface area contributed by atoms with Crippen LogP contribution in [0.25, 0.3) is 0 Å². The van der Waals surface area contributed by atoms with Crippen LogP contribution in [0, 0.1) is 6.92 Å². The van der Waals surface area contributed by atoms with E-state index in [1.165, 1.54) is 41.2 Å². The molecule has 1 N–H and O–H groups in total. The maximum Gasteiger partial charge on any atom is 0.0296 e. The SMILES string of the molecule is CNCc1cc(CN(C)C2CCN(C)CC2)c(C)s1. The van der Waals surface area contributed by atoms with Crippen molar-refractivity contribution in [2.75, 3.05) is 34.2 Å². The van der Waals surface area contributed by atoms with Gasteiger partial charge in [-0.3, -0.25) is 4.90 Å². The minimum absolute atomic E-state index is 0.753. The maximum absolute atomic E-state index is 3.24. The third kappa shape index (κ3) is 4.02. The zero-order chi connectivity index (χ0) is 13.8. The molecule has 1 aromatic rings. The minimum Gasteiger partial charge on any atom is -0.315 e. The molecule has 2 rings (SSSR count). The van der Waals surface area contributed by atoms with Crippen molar-refractivity contribution in [2.45, 2.75) is 38.9 Å². The van der Waals surface area contributed by atoms with Crippen LogP contribution in [0.2, 0.25) is 0 Å². The molecular weight excluding hydrogens is 254 g/mol. The summed E-state index contributed by atoms with van der Waals surface area (Å²) in [7, 11) is 6.52. The van der Waals surface area contributed by atoms with Crippen LogP contribution in [0.3, 0.4) is 0 Å². The minimum atomic E-state index is 0.753. The summed E-state index contributed by atoms with van der Waals surface area (Å²) in [5.74, 6) is 0. The normalized spacial score (nSPS) is 18.4. The van der Waals surface area contributed by atoms with Gasteiger partial charge in [0.1, 0.15) is 0 Å². The predicted molar refractivity (Wildman–Crippen MR) is 83.8 cm³/mol. The fourth-order valence-corrected chi connectivity index (χ4v) is 3.91. The van der Waals surface area contributed by atoms with E-state index in [0.29, 0.717) is 0 Å². The second kappa shape index (κ2) is 6.84. The van der Waals surface area contributed by atoms with Gasteiger partial charge in [-0.25, -0.2) is 0 Å². The number of nitrogens with zero attached hydrogens (tertiary/aromatic N) is 2. The first-order valence-corrected chi connectivity index (χ1v) is 8.03. The molecule has 19 heavy (non-hydrogen) atoms. The van der Waals surface area contributed by atoms with E-state index < -0.39 is 0 Å². The van der Waals surface area contributed by atoms with Crippen LogP contribution < -0.4 is 5.32 Å². The highest BCUT2D eigenvalue weighted by Crippen LogP contribution is 2.24. The maximum atomic E-state index is 3.24. The average Bonchev–Trinajstić information content (AvgIpc) is 2.71. The molecule has 1 aromatic heterocycles. The van der Waals surface area contributed by atoms with Crippen molar-refractivity contribution >= 4 is 11.3 Å². The van der Waals surface area contributed by atoms with E-state index in [1.807, 2.05) is 18.4 Å². The van der Waals surface area contributed by atoms with Gasteiger partial charge in [-0.05, 0) is 65.6 Å². The Morgan fingerprint density at radius 1 is 1.42 bits per heavy atom. The summed E-state index contributed by atoms with van der Waals surface area (Å²) in [4.78, 5) is 7.91. The molecule has 1 fully saturated rings. The fraction of sp³-hybridized carbons (Fsp3) is 0.733. The van der Waals surface area contributed by atoms with Crippen LogP contribution in [0.1, 0.15) is 28.2 Å². The third-order valence-corrected chi connectivity index (χ3v) is 5.25. The largest absolute Gasteiger partial charge is 0.315 e. The van der Waals surface area contributed by atoms with Gasteiger partial charge in [0.05, 0.1) is 0 Å². The lowest BCUT2D eigenvalue weighted by molar-refractivity contribution is 0.139. The first kappa shape index (κ1) is 15.0. The summed E-state index contributed by atoms with van der Waals surface area (Å²) in [6.07, 6.45) is 2.61. The Kier molecular flexibility index (Phi) is 5.39. The fourth-order valence-electron chi connectivity index (χ4n) is 2.84. The monoisotopic (exact) mass is 281 g/mol. The molecule has 0 bridgehead atoms. The van der Waals surface area contributed by atoms with E-state index in [2.05, 4.69) is 42.2 Å². The average molecular weight is 281 g/mol. The standard InChI is InChI=1S/C15H27N3S/c1-12-13(9-15(19-12)10-16-2)11-18(4)14-5-7-17(3)8-6-14/h9,14,16H,5-8,10-11H2,1-4H3. The molecule has 0 atom stereocenters. The van der Waals surface area contributed by atoms with E-state index in [1.54, 1.807) is 0 Å². The highest BCUT2D eigenvalue weighted by Gasteiger charge is 2.21. The Balaban J connectivity index is 1.92. The van der Waals surface area contributed by atoms with Crippen molar-refractivity contribution in [3.05, 3.63) is 21.4 Å². The number of rotatable bonds is 5. The van der Waals surface area contributed by atoms with E-state index in [0.717, 1.165) is 19.1 Å². The van der Waals surface area contributed by atoms with Crippen LogP contribution in [-0.4, -0.2) is 50.1 Å². The van der Waals surface area contributed by atoms with Gasteiger partial charge in [0.25, 0.3) is 0 Å². The summed E-state index contributed by atoms with van der Waals surface area (Å²) in [5, 5.41) is 3.24. The Bertz CT molecular complexity index is 394. The molecule has 0 radical (unpaired) electrons. The molecule has 1 aliphatic rings. The number of nitrogens with one attached hydrogen (secondary N) is 1. The van der Waals surface area contributed by atoms with Gasteiger partial charge in [0.15, 0.2) is 0 Å². The Morgan fingerprint density at radius 3 is 2.74 bits per heavy atom. The molecule has 2 heterocycles. The molecule has 0 unspecified atom stereocenters. The summed E-state index contributed by atoms with van der Waals surface area (Å²) < 4.78 is 0. The van der Waals surface area contributed by atoms with Gasteiger partial charge in [-0.15, -0.1) is 11.3 Å². The molecule has 0 aromatic carbocycles. The van der Waals surface area contributed by atoms with Crippen LogP contribution in [0.5, 0.6) is 0 Å². The van der Waals surface area contributed by atoms with Crippen molar-refractivity contribution in [2.24, 2.45) is 0 Å². The summed E-state index contributed by atoms with van der Waals surface area (Å²) in [5.41, 5.74) is 1.51. The summed E-state index contributed by atoms with van der Waals surface area (Å²) >= 11 is 1.93. The number of aryl methyl sites for hydroxylation is 1. The first-order chi connectivity index (χ1) is 9.10. The Hall–Kier alpha value is -0.420. The Morgan fingerprint density at radius 2 is 2.11 bits per heavy atom. The van der Waals surface area contributed by atoms with Gasteiger partial charge in [0, 0.05) is 28.9 Å². The van der Waals surface area contributed by atoms with Crippen molar-refractivity contribution in [1.82, 2.24) is 15.1 Å². The summed E-state index contributed by atoms with van der Waals surface area (Å²) in [6, 6.07) is 3.13. The lowest BCUT2D eigenvalue weighted by Crippen LogP contribution is -2.41. The number of likely N-dealkylation sites (tertiary alicyclic amines) is 1. The van der Waals surface area contributed by atoms with Crippen LogP contribution in [0.4, 0.5) is 0 Å². The lowest BCUT2D eigenvalue weighted by Gasteiger charge is -2.35. The number of thiophene rings is 1. The van der Waals surface area contributed by atoms with Crippen molar-refractivity contribution < 1.29 is 0 Å². The molecule has 0 saturated carbocycles. The topological polar surface area (TPSA) is 18.5 Å². The molecule has 0 aliphatic carbocycles. The molecule has 0 amide bonds. The van der Waals surface area contributed by atoms with Gasteiger partial charge < -0.3 is 10.2 Å². The predicted octanol–water partition coefficient (Wildman–Crippen LogP) is 2.30. The van der Waals surface area contributed by atoms with Crippen LogP contribution in [0.15, 0.2) is 6.07 Å². The molecular formula is C15H27N3S. The zero-order valence-electron chi connectivity index (χ0n) is 12.7. The lowest BCUT2D eigenvalue weighted by atomic mass is 10.0. The van der Waals surface area contributed by atoms with Gasteiger partial charge in [-0.2, -0.15) is 0 Å². The molecule has 1 aliphatic heterocycles. The van der Waals surface area contributed by atoms with Gasteiger partial charge in [0.2, 0.25) is 0 Å². The molecule has 108 valence electrons. The number of piperidine rings is 1. The molecule has 1 saturated heterocycles. The molecule has 4 heteroatoms. The van der Waals surface area contributed by atoms with Gasteiger partial charge >= 0.3 is 0 Å². The van der Waals surface area contributed by atoms with Crippen molar-refractivity contribution in [3.63, 3.8) is 0 Å². The second-order valence-electron chi connectivity index (χ2n) is 5.77. The zero-order valence-corrected chi connectivity index (χ0v) is 13.5. The number of hydrogen-bond donors (Lipinski definition) is 1. The third-order valence-electron chi connectivity index (χ3n) is 4.15. The van der Waals surface area contributed by atoms with E-state index in [-0.39, 0.29) is 0 Å². The first-order valence-electron chi connectivity index (χ1n) is 7.21. The highest BCUT2D eigenvalue weighted by atomic mass is 32.1. The number of hydrogen-bond acceptors (Lipinski definition) is 4. The van der Waals surface area contributed by atoms with Crippen LogP contribution >= 0.6 is 11.3 Å². The Labute approximate surface area is 121 Å². The second-order valence-corrected chi connectivity index (χ2v) is 7.11. The quantitative estimate of drug-likeness (QED) is 0.893. The van der Waals surface area contributed by atoms with Crippen molar-refractivity contribution in [1.29, 1.82) is 0 Å². The molecule has 3 nitrogen and oxygen atoms in total. The smallest absolute Gasteiger partial charge is 0.0296 e. The van der Waals surface area contributed by atoms with Gasteiger partial charge in [-0.1, -0.05) is 0 Å². The van der Waals surface area contributed by atoms with E-state index >= 15 is 0 Å². The highest BCUT2D eigenvalue weighted by molar-refractivity contribution is 7.12. The van der Waals surface area contributed by atoms with E-state index in [4.69, 9.17) is 0 Å².